The topological polar surface area (TPSA) is 79.0 Å². The lowest BCUT2D eigenvalue weighted by atomic mass is 10.0. The van der Waals surface area contributed by atoms with Crippen LogP contribution in [0.15, 0.2) is 66.7 Å². The van der Waals surface area contributed by atoms with Crippen LogP contribution in [0.3, 0.4) is 0 Å². The Balaban J connectivity index is 1.58. The van der Waals surface area contributed by atoms with Crippen molar-refractivity contribution in [2.45, 2.75) is 64.8 Å². The number of carbonyl (C=O) groups excluding carboxylic acids is 3. The lowest BCUT2D eigenvalue weighted by Gasteiger charge is -2.30. The number of amides is 3. The molecule has 0 bridgehead atoms. The maximum atomic E-state index is 13.9. The Kier molecular flexibility index (Phi) is 7.52. The van der Waals surface area contributed by atoms with Crippen molar-refractivity contribution >= 4 is 34.4 Å². The van der Waals surface area contributed by atoms with Crippen molar-refractivity contribution in [3.05, 3.63) is 77.9 Å². The second-order valence-corrected chi connectivity index (χ2v) is 10.6. The highest BCUT2D eigenvalue weighted by Crippen LogP contribution is 2.30. The number of carbonyl (C=O) groups is 3. The van der Waals surface area contributed by atoms with E-state index in [4.69, 9.17) is 4.74 Å². The average molecular weight is 502 g/mol. The van der Waals surface area contributed by atoms with Gasteiger partial charge in [-0.2, -0.15) is 0 Å². The van der Waals surface area contributed by atoms with E-state index in [9.17, 15) is 14.4 Å². The van der Waals surface area contributed by atoms with Crippen molar-refractivity contribution in [1.29, 1.82) is 0 Å². The standard InChI is InChI=1S/C30H35N3O4/c1-20(32(5)29(36)37-30(2,3)4)27(34)31-25-18-17-22-12-7-9-16-26(22)33(28(25)35)19-23-14-10-13-21-11-6-8-15-24(21)23/h6-16,20,25H,17-19H2,1-5H3,(H,31,34)/t20-,25-/m0/s1. The number of nitrogens with one attached hydrogen (secondary N) is 1. The van der Waals surface area contributed by atoms with Gasteiger partial charge in [0.05, 0.1) is 6.54 Å². The summed E-state index contributed by atoms with van der Waals surface area (Å²) in [5.74, 6) is -0.568. The maximum absolute atomic E-state index is 13.9. The first-order valence-corrected chi connectivity index (χ1v) is 12.7. The largest absolute Gasteiger partial charge is 0.444 e. The minimum Gasteiger partial charge on any atom is -0.444 e. The molecule has 1 heterocycles. The van der Waals surface area contributed by atoms with Gasteiger partial charge in [-0.25, -0.2) is 4.79 Å². The zero-order valence-electron chi connectivity index (χ0n) is 22.2. The van der Waals surface area contributed by atoms with Gasteiger partial charge in [0.15, 0.2) is 0 Å². The molecule has 1 aliphatic rings. The second-order valence-electron chi connectivity index (χ2n) is 10.6. The quantitative estimate of drug-likeness (QED) is 0.530. The van der Waals surface area contributed by atoms with E-state index in [1.54, 1.807) is 32.6 Å². The van der Waals surface area contributed by atoms with Gasteiger partial charge in [0.25, 0.3) is 0 Å². The van der Waals surface area contributed by atoms with Crippen LogP contribution in [0.5, 0.6) is 0 Å². The van der Waals surface area contributed by atoms with E-state index in [1.807, 2.05) is 48.5 Å². The predicted molar refractivity (Wildman–Crippen MR) is 145 cm³/mol. The van der Waals surface area contributed by atoms with E-state index in [1.165, 1.54) is 11.9 Å². The van der Waals surface area contributed by atoms with Crippen LogP contribution in [-0.4, -0.2) is 47.5 Å². The number of fused-ring (bicyclic) bond motifs is 2. The summed E-state index contributed by atoms with van der Waals surface area (Å²) in [5.41, 5.74) is 2.28. The van der Waals surface area contributed by atoms with E-state index in [-0.39, 0.29) is 5.91 Å². The number of nitrogens with zero attached hydrogens (tertiary/aromatic N) is 2. The maximum Gasteiger partial charge on any atom is 0.410 e. The summed E-state index contributed by atoms with van der Waals surface area (Å²) in [4.78, 5) is 42.6. The van der Waals surface area contributed by atoms with Crippen molar-refractivity contribution in [2.24, 2.45) is 0 Å². The van der Waals surface area contributed by atoms with Gasteiger partial charge in [0, 0.05) is 12.7 Å². The van der Waals surface area contributed by atoms with Gasteiger partial charge in [-0.15, -0.1) is 0 Å². The van der Waals surface area contributed by atoms with Gasteiger partial charge in [-0.1, -0.05) is 60.7 Å². The van der Waals surface area contributed by atoms with Crippen LogP contribution in [-0.2, 0) is 27.3 Å². The van der Waals surface area contributed by atoms with Crippen molar-refractivity contribution in [3.8, 4) is 0 Å². The fourth-order valence-electron chi connectivity index (χ4n) is 4.57. The molecule has 4 rings (SSSR count). The minimum atomic E-state index is -0.806. The normalized spacial score (nSPS) is 16.5. The van der Waals surface area contributed by atoms with Crippen LogP contribution in [0.1, 0.15) is 45.2 Å². The Morgan fingerprint density at radius 1 is 1.05 bits per heavy atom. The number of hydrogen-bond acceptors (Lipinski definition) is 4. The van der Waals surface area contributed by atoms with E-state index in [0.717, 1.165) is 27.6 Å². The molecule has 194 valence electrons. The summed E-state index contributed by atoms with van der Waals surface area (Å²) >= 11 is 0. The Morgan fingerprint density at radius 3 is 2.49 bits per heavy atom. The summed E-state index contributed by atoms with van der Waals surface area (Å²) in [6, 6.07) is 20.6. The van der Waals surface area contributed by atoms with Gasteiger partial charge in [0.2, 0.25) is 11.8 Å². The lowest BCUT2D eigenvalue weighted by molar-refractivity contribution is -0.130. The van der Waals surface area contributed by atoms with Crippen molar-refractivity contribution in [1.82, 2.24) is 10.2 Å². The number of rotatable bonds is 5. The number of anilines is 1. The molecular formula is C30H35N3O4. The summed E-state index contributed by atoms with van der Waals surface area (Å²) in [7, 11) is 1.52. The molecule has 0 spiro atoms. The van der Waals surface area contributed by atoms with Gasteiger partial charge in [-0.3, -0.25) is 14.5 Å². The van der Waals surface area contributed by atoms with Gasteiger partial charge in [0.1, 0.15) is 17.7 Å². The number of aryl methyl sites for hydroxylation is 1. The fourth-order valence-corrected chi connectivity index (χ4v) is 4.57. The van der Waals surface area contributed by atoms with E-state index in [2.05, 4.69) is 23.5 Å². The highest BCUT2D eigenvalue weighted by Gasteiger charge is 2.34. The van der Waals surface area contributed by atoms with E-state index in [0.29, 0.717) is 19.4 Å². The molecule has 3 aromatic carbocycles. The molecule has 2 atom stereocenters. The predicted octanol–water partition coefficient (Wildman–Crippen LogP) is 5.06. The van der Waals surface area contributed by atoms with Crippen LogP contribution in [0.4, 0.5) is 10.5 Å². The third-order valence-electron chi connectivity index (χ3n) is 6.72. The molecule has 37 heavy (non-hydrogen) atoms. The minimum absolute atomic E-state index is 0.168. The van der Waals surface area contributed by atoms with Crippen LogP contribution in [0.2, 0.25) is 0 Å². The van der Waals surface area contributed by atoms with Crippen molar-refractivity contribution in [3.63, 3.8) is 0 Å². The SMILES string of the molecule is C[C@@H](C(=O)N[C@H]1CCc2ccccc2N(Cc2cccc3ccccc23)C1=O)N(C)C(=O)OC(C)(C)C. The number of ether oxygens (including phenoxy) is 1. The molecule has 0 fully saturated rings. The highest BCUT2D eigenvalue weighted by atomic mass is 16.6. The van der Waals surface area contributed by atoms with Gasteiger partial charge < -0.3 is 15.0 Å². The summed E-state index contributed by atoms with van der Waals surface area (Å²) in [6.45, 7) is 7.33. The molecule has 7 nitrogen and oxygen atoms in total. The third kappa shape index (κ3) is 5.93. The Bertz CT molecular complexity index is 1310. The summed E-state index contributed by atoms with van der Waals surface area (Å²) < 4.78 is 5.39. The number of hydrogen-bond donors (Lipinski definition) is 1. The van der Waals surface area contributed by atoms with Crippen LogP contribution < -0.4 is 10.2 Å². The zero-order chi connectivity index (χ0) is 26.7. The number of benzene rings is 3. The molecule has 1 aliphatic heterocycles. The molecule has 0 saturated carbocycles. The molecule has 0 aromatic heterocycles. The highest BCUT2D eigenvalue weighted by molar-refractivity contribution is 6.01. The summed E-state index contributed by atoms with van der Waals surface area (Å²) in [6.07, 6.45) is 0.526. The average Bonchev–Trinajstić information content (AvgIpc) is 2.99. The monoisotopic (exact) mass is 501 g/mol. The molecule has 3 amide bonds. The number of likely N-dealkylation sites (N-methyl/N-ethyl adjacent to an activating group) is 1. The Labute approximate surface area is 218 Å². The van der Waals surface area contributed by atoms with Crippen LogP contribution in [0.25, 0.3) is 10.8 Å². The molecular weight excluding hydrogens is 466 g/mol. The Hall–Kier alpha value is -3.87. The van der Waals surface area contributed by atoms with E-state index >= 15 is 0 Å². The third-order valence-corrected chi connectivity index (χ3v) is 6.72. The first kappa shape index (κ1) is 26.2. The van der Waals surface area contributed by atoms with Gasteiger partial charge in [-0.05, 0) is 68.5 Å². The second kappa shape index (κ2) is 10.6. The van der Waals surface area contributed by atoms with Crippen molar-refractivity contribution in [2.75, 3.05) is 11.9 Å². The lowest BCUT2D eigenvalue weighted by Crippen LogP contribution is -2.54. The van der Waals surface area contributed by atoms with Gasteiger partial charge >= 0.3 is 6.09 Å². The van der Waals surface area contributed by atoms with Crippen molar-refractivity contribution < 1.29 is 19.1 Å². The molecule has 0 aliphatic carbocycles. The summed E-state index contributed by atoms with van der Waals surface area (Å²) in [5, 5.41) is 5.12. The van der Waals surface area contributed by atoms with Crippen LogP contribution in [0, 0.1) is 0 Å². The van der Waals surface area contributed by atoms with E-state index < -0.39 is 29.7 Å². The van der Waals surface area contributed by atoms with Crippen LogP contribution >= 0.6 is 0 Å². The fraction of sp³-hybridized carbons (Fsp3) is 0.367. The molecule has 3 aromatic rings. The number of para-hydroxylation sites is 1. The first-order chi connectivity index (χ1) is 17.5. The molecule has 0 unspecified atom stereocenters. The molecule has 7 heteroatoms. The zero-order valence-corrected chi connectivity index (χ0v) is 22.2. The molecule has 0 radical (unpaired) electrons. The molecule has 0 saturated heterocycles. The Morgan fingerprint density at radius 2 is 1.73 bits per heavy atom. The molecule has 1 N–H and O–H groups in total. The first-order valence-electron chi connectivity index (χ1n) is 12.7. The smallest absolute Gasteiger partial charge is 0.410 e.